The van der Waals surface area contributed by atoms with Gasteiger partial charge in [-0.05, 0) is 26.0 Å². The quantitative estimate of drug-likeness (QED) is 0.703. The molecule has 0 saturated carbocycles. The number of aliphatic hydroxyl groups is 1. The van der Waals surface area contributed by atoms with Crippen molar-refractivity contribution in [3.05, 3.63) is 21.9 Å². The number of nitrogens with two attached hydrogens (primary N) is 1. The number of aliphatic hydroxyl groups excluding tert-OH is 1. The van der Waals surface area contributed by atoms with Crippen molar-refractivity contribution < 1.29 is 5.11 Å². The lowest BCUT2D eigenvalue weighted by Gasteiger charge is -2.19. The molecule has 0 aliphatic rings. The van der Waals surface area contributed by atoms with Gasteiger partial charge in [0.1, 0.15) is 0 Å². The molecule has 1 aromatic heterocycles. The van der Waals surface area contributed by atoms with Crippen molar-refractivity contribution in [2.75, 3.05) is 6.61 Å². The van der Waals surface area contributed by atoms with E-state index in [-0.39, 0.29) is 6.61 Å². The van der Waals surface area contributed by atoms with E-state index >= 15 is 0 Å². The summed E-state index contributed by atoms with van der Waals surface area (Å²) >= 11 is 1.63. The summed E-state index contributed by atoms with van der Waals surface area (Å²) in [7, 11) is 0. The highest BCUT2D eigenvalue weighted by Crippen LogP contribution is 2.24. The van der Waals surface area contributed by atoms with Crippen molar-refractivity contribution >= 4 is 11.3 Å². The molecule has 0 aliphatic carbocycles. The van der Waals surface area contributed by atoms with Gasteiger partial charge in [0.25, 0.3) is 0 Å². The lowest BCUT2D eigenvalue weighted by Crippen LogP contribution is -2.35. The summed E-state index contributed by atoms with van der Waals surface area (Å²) in [5.41, 5.74) is 5.24. The van der Waals surface area contributed by atoms with E-state index in [1.807, 2.05) is 26.0 Å². The summed E-state index contributed by atoms with van der Waals surface area (Å²) in [6.07, 6.45) is 0. The first kappa shape index (κ1) is 8.71. The summed E-state index contributed by atoms with van der Waals surface area (Å²) < 4.78 is 0. The zero-order valence-electron chi connectivity index (χ0n) is 6.79. The molecule has 0 aromatic carbocycles. The van der Waals surface area contributed by atoms with Crippen molar-refractivity contribution in [1.29, 1.82) is 0 Å². The lowest BCUT2D eigenvalue weighted by atomic mass is 10.0. The molecule has 0 saturated heterocycles. The first-order chi connectivity index (χ1) is 5.06. The van der Waals surface area contributed by atoms with Crippen LogP contribution in [0.25, 0.3) is 0 Å². The van der Waals surface area contributed by atoms with Crippen LogP contribution in [0.2, 0.25) is 0 Å². The smallest absolute Gasteiger partial charge is 0.0709 e. The molecule has 3 N–H and O–H groups in total. The van der Waals surface area contributed by atoms with Crippen LogP contribution >= 0.6 is 11.3 Å². The van der Waals surface area contributed by atoms with E-state index in [0.717, 1.165) is 4.88 Å². The number of hydrogen-bond donors (Lipinski definition) is 2. The maximum atomic E-state index is 8.94. The Labute approximate surface area is 70.7 Å². The Hall–Kier alpha value is -0.380. The Morgan fingerprint density at radius 2 is 2.27 bits per heavy atom. The molecular formula is C8H13NOS. The van der Waals surface area contributed by atoms with Gasteiger partial charge in [0.2, 0.25) is 0 Å². The molecule has 1 rings (SSSR count). The van der Waals surface area contributed by atoms with Gasteiger partial charge in [-0.2, -0.15) is 0 Å². The molecule has 3 heteroatoms. The minimum absolute atomic E-state index is 0.00699. The third-order valence-corrected chi connectivity index (χ3v) is 2.91. The minimum Gasteiger partial charge on any atom is -0.394 e. The molecule has 62 valence electrons. The SMILES string of the molecule is Cc1ccc(C(C)(N)CO)s1. The maximum Gasteiger partial charge on any atom is 0.0709 e. The zero-order chi connectivity index (χ0) is 8.48. The predicted octanol–water partition coefficient (Wildman–Crippen LogP) is 1.22. The zero-order valence-corrected chi connectivity index (χ0v) is 7.61. The van der Waals surface area contributed by atoms with Crippen LogP contribution in [-0.2, 0) is 5.54 Å². The van der Waals surface area contributed by atoms with Crippen LogP contribution in [0.3, 0.4) is 0 Å². The molecule has 1 heterocycles. The van der Waals surface area contributed by atoms with E-state index in [9.17, 15) is 0 Å². The molecule has 0 amide bonds. The average molecular weight is 171 g/mol. The molecule has 2 nitrogen and oxygen atoms in total. The van der Waals surface area contributed by atoms with Crippen molar-refractivity contribution in [2.24, 2.45) is 5.73 Å². The van der Waals surface area contributed by atoms with Crippen LogP contribution in [-0.4, -0.2) is 11.7 Å². The monoisotopic (exact) mass is 171 g/mol. The van der Waals surface area contributed by atoms with E-state index in [1.165, 1.54) is 4.88 Å². The van der Waals surface area contributed by atoms with Crippen LogP contribution < -0.4 is 5.73 Å². The second-order valence-electron chi connectivity index (χ2n) is 2.99. The fourth-order valence-corrected chi connectivity index (χ4v) is 1.74. The number of thiophene rings is 1. The molecule has 11 heavy (non-hydrogen) atoms. The second kappa shape index (κ2) is 2.93. The molecule has 0 aliphatic heterocycles. The van der Waals surface area contributed by atoms with Gasteiger partial charge in [-0.25, -0.2) is 0 Å². The first-order valence-electron chi connectivity index (χ1n) is 3.53. The molecule has 1 unspecified atom stereocenters. The summed E-state index contributed by atoms with van der Waals surface area (Å²) in [5, 5.41) is 8.94. The van der Waals surface area contributed by atoms with Gasteiger partial charge in [0, 0.05) is 9.75 Å². The van der Waals surface area contributed by atoms with Gasteiger partial charge in [0.15, 0.2) is 0 Å². The van der Waals surface area contributed by atoms with Crippen LogP contribution in [0.15, 0.2) is 12.1 Å². The standard InChI is InChI=1S/C8H13NOS/c1-6-3-4-7(11-6)8(2,9)5-10/h3-4,10H,5,9H2,1-2H3. The van der Waals surface area contributed by atoms with Crippen LogP contribution in [0.4, 0.5) is 0 Å². The van der Waals surface area contributed by atoms with Gasteiger partial charge >= 0.3 is 0 Å². The topological polar surface area (TPSA) is 46.2 Å². The van der Waals surface area contributed by atoms with Gasteiger partial charge < -0.3 is 10.8 Å². The molecule has 1 aromatic rings. The number of rotatable bonds is 2. The van der Waals surface area contributed by atoms with Crippen molar-refractivity contribution in [1.82, 2.24) is 0 Å². The summed E-state index contributed by atoms with van der Waals surface area (Å²) in [5.74, 6) is 0. The van der Waals surface area contributed by atoms with Gasteiger partial charge in [-0.1, -0.05) is 0 Å². The lowest BCUT2D eigenvalue weighted by molar-refractivity contribution is 0.212. The largest absolute Gasteiger partial charge is 0.394 e. The van der Waals surface area contributed by atoms with Crippen molar-refractivity contribution in [3.63, 3.8) is 0 Å². The van der Waals surface area contributed by atoms with Crippen LogP contribution in [0, 0.1) is 6.92 Å². The third-order valence-electron chi connectivity index (χ3n) is 1.63. The Morgan fingerprint density at radius 1 is 1.64 bits per heavy atom. The fourth-order valence-electron chi connectivity index (χ4n) is 0.819. The molecule has 0 bridgehead atoms. The molecule has 0 fully saturated rings. The van der Waals surface area contributed by atoms with E-state index in [2.05, 4.69) is 0 Å². The number of hydrogen-bond acceptors (Lipinski definition) is 3. The third kappa shape index (κ3) is 1.80. The van der Waals surface area contributed by atoms with E-state index in [0.29, 0.717) is 0 Å². The molecular weight excluding hydrogens is 158 g/mol. The molecule has 1 atom stereocenters. The summed E-state index contributed by atoms with van der Waals surface area (Å²) in [4.78, 5) is 2.27. The normalized spacial score (nSPS) is 16.4. The predicted molar refractivity (Wildman–Crippen MR) is 47.7 cm³/mol. The molecule has 0 radical (unpaired) electrons. The Bertz CT molecular complexity index is 242. The highest BCUT2D eigenvalue weighted by Gasteiger charge is 2.21. The maximum absolute atomic E-state index is 8.94. The summed E-state index contributed by atoms with van der Waals surface area (Å²) in [6, 6.07) is 3.98. The minimum atomic E-state index is -0.571. The van der Waals surface area contributed by atoms with Crippen LogP contribution in [0.5, 0.6) is 0 Å². The average Bonchev–Trinajstić information content (AvgIpc) is 2.36. The Balaban J connectivity index is 2.92. The highest BCUT2D eigenvalue weighted by molar-refractivity contribution is 7.12. The van der Waals surface area contributed by atoms with E-state index < -0.39 is 5.54 Å². The highest BCUT2D eigenvalue weighted by atomic mass is 32.1. The Morgan fingerprint density at radius 3 is 2.64 bits per heavy atom. The van der Waals surface area contributed by atoms with Crippen LogP contribution in [0.1, 0.15) is 16.7 Å². The Kier molecular flexibility index (Phi) is 2.32. The number of aryl methyl sites for hydroxylation is 1. The van der Waals surface area contributed by atoms with Crippen molar-refractivity contribution in [2.45, 2.75) is 19.4 Å². The second-order valence-corrected chi connectivity index (χ2v) is 4.27. The summed E-state index contributed by atoms with van der Waals surface area (Å²) in [6.45, 7) is 3.85. The van der Waals surface area contributed by atoms with E-state index in [1.54, 1.807) is 11.3 Å². The van der Waals surface area contributed by atoms with Gasteiger partial charge in [0.05, 0.1) is 12.1 Å². The van der Waals surface area contributed by atoms with E-state index in [4.69, 9.17) is 10.8 Å². The van der Waals surface area contributed by atoms with Crippen molar-refractivity contribution in [3.8, 4) is 0 Å². The fraction of sp³-hybridized carbons (Fsp3) is 0.500. The van der Waals surface area contributed by atoms with Gasteiger partial charge in [-0.3, -0.25) is 0 Å². The molecule has 0 spiro atoms. The first-order valence-corrected chi connectivity index (χ1v) is 4.34. The van der Waals surface area contributed by atoms with Gasteiger partial charge in [-0.15, -0.1) is 11.3 Å².